The van der Waals surface area contributed by atoms with Crippen molar-refractivity contribution < 1.29 is 0 Å². The zero-order valence-corrected chi connectivity index (χ0v) is 34.1. The standard InChI is InChI=1S/C58H37N5/c1-2-16-44(17-3-1)63-55-32-33-59-56(42-31-28-38-14-4-5-15-41(38)34-42)57(55)60-58(63)40-29-26-39(27-30-40)43-35-45(61-51-22-10-6-18-47(51)48-19-7-11-23-52(48)61)37-46(36-43)62-53-24-12-8-20-49(53)50-21-9-13-25-54(50)62/h1-37H. The maximum absolute atomic E-state index is 5.42. The second kappa shape index (κ2) is 14.0. The number of nitrogens with zero attached hydrogens (tertiary/aromatic N) is 5. The first-order valence-corrected chi connectivity index (χ1v) is 21.4. The third-order valence-corrected chi connectivity index (χ3v) is 12.7. The molecule has 0 fully saturated rings. The number of hydrogen-bond donors (Lipinski definition) is 0. The molecule has 5 nitrogen and oxygen atoms in total. The van der Waals surface area contributed by atoms with Gasteiger partial charge < -0.3 is 9.13 Å². The number of fused-ring (bicyclic) bond motifs is 8. The van der Waals surface area contributed by atoms with Gasteiger partial charge >= 0.3 is 0 Å². The van der Waals surface area contributed by atoms with Gasteiger partial charge in [-0.2, -0.15) is 0 Å². The first-order chi connectivity index (χ1) is 31.2. The van der Waals surface area contributed by atoms with Gasteiger partial charge in [-0.1, -0.05) is 152 Å². The molecule has 4 heterocycles. The van der Waals surface area contributed by atoms with E-state index < -0.39 is 0 Å². The topological polar surface area (TPSA) is 40.6 Å². The molecule has 0 bridgehead atoms. The van der Waals surface area contributed by atoms with E-state index in [1.54, 1.807) is 0 Å². The summed E-state index contributed by atoms with van der Waals surface area (Å²) in [4.78, 5) is 10.4. The summed E-state index contributed by atoms with van der Waals surface area (Å²) in [6, 6.07) is 78.4. The molecule has 13 rings (SSSR count). The van der Waals surface area contributed by atoms with Crippen molar-refractivity contribution in [3.8, 4) is 50.8 Å². The lowest BCUT2D eigenvalue weighted by Crippen LogP contribution is -2.00. The Balaban J connectivity index is 1.01. The van der Waals surface area contributed by atoms with E-state index >= 15 is 0 Å². The first kappa shape index (κ1) is 35.2. The number of imidazole rings is 1. The van der Waals surface area contributed by atoms with Gasteiger partial charge in [0.1, 0.15) is 11.3 Å². The van der Waals surface area contributed by atoms with E-state index in [2.05, 4.69) is 232 Å². The van der Waals surface area contributed by atoms with E-state index in [1.807, 2.05) is 6.20 Å². The quantitative estimate of drug-likeness (QED) is 0.168. The Morgan fingerprint density at radius 1 is 0.302 bits per heavy atom. The number of hydrogen-bond acceptors (Lipinski definition) is 2. The molecule has 0 aliphatic rings. The van der Waals surface area contributed by atoms with Gasteiger partial charge in [0.25, 0.3) is 0 Å². The fraction of sp³-hybridized carbons (Fsp3) is 0. The van der Waals surface area contributed by atoms with Crippen LogP contribution < -0.4 is 0 Å². The molecule has 4 aromatic heterocycles. The van der Waals surface area contributed by atoms with Gasteiger partial charge in [0.05, 0.1) is 33.3 Å². The smallest absolute Gasteiger partial charge is 0.145 e. The Morgan fingerprint density at radius 3 is 1.38 bits per heavy atom. The van der Waals surface area contributed by atoms with Crippen LogP contribution in [-0.2, 0) is 0 Å². The van der Waals surface area contributed by atoms with Crippen molar-refractivity contribution >= 4 is 65.4 Å². The Hall–Kier alpha value is -8.54. The highest BCUT2D eigenvalue weighted by Crippen LogP contribution is 2.39. The zero-order valence-electron chi connectivity index (χ0n) is 34.1. The van der Waals surface area contributed by atoms with Gasteiger partial charge in [-0.05, 0) is 88.6 Å². The Kier molecular flexibility index (Phi) is 7.84. The number of para-hydroxylation sites is 5. The minimum Gasteiger partial charge on any atom is -0.309 e. The van der Waals surface area contributed by atoms with Crippen LogP contribution in [0.15, 0.2) is 225 Å². The molecule has 0 aliphatic carbocycles. The molecule has 0 saturated heterocycles. The summed E-state index contributed by atoms with van der Waals surface area (Å²) in [5.74, 6) is 0.864. The van der Waals surface area contributed by atoms with Crippen LogP contribution in [0, 0.1) is 0 Å². The van der Waals surface area contributed by atoms with Crippen molar-refractivity contribution in [3.63, 3.8) is 0 Å². The fourth-order valence-electron chi connectivity index (χ4n) is 9.82. The Morgan fingerprint density at radius 2 is 0.794 bits per heavy atom. The van der Waals surface area contributed by atoms with Crippen LogP contribution in [0.4, 0.5) is 0 Å². The lowest BCUT2D eigenvalue weighted by molar-refractivity contribution is 1.10. The van der Waals surface area contributed by atoms with Gasteiger partial charge in [0.15, 0.2) is 0 Å². The van der Waals surface area contributed by atoms with Crippen LogP contribution in [-0.4, -0.2) is 23.7 Å². The summed E-state index contributed by atoms with van der Waals surface area (Å²) in [7, 11) is 0. The van der Waals surface area contributed by atoms with Crippen molar-refractivity contribution in [2.75, 3.05) is 0 Å². The van der Waals surface area contributed by atoms with Gasteiger partial charge in [-0.3, -0.25) is 9.55 Å². The number of benzene rings is 9. The SMILES string of the molecule is c1ccc(-n2c(-c3ccc(-c4cc(-n5c6ccccc6c6ccccc65)cc(-n5c6ccccc6c6ccccc65)c4)cc3)nc3c(-c4ccc5ccccc5c4)nccc32)cc1. The monoisotopic (exact) mass is 803 g/mol. The second-order valence-electron chi connectivity index (χ2n) is 16.3. The first-order valence-electron chi connectivity index (χ1n) is 21.4. The van der Waals surface area contributed by atoms with Crippen molar-refractivity contribution in [3.05, 3.63) is 225 Å². The highest BCUT2D eigenvalue weighted by molar-refractivity contribution is 6.11. The largest absolute Gasteiger partial charge is 0.309 e. The van der Waals surface area contributed by atoms with E-state index in [0.29, 0.717) is 0 Å². The number of aromatic nitrogens is 5. The molecule has 0 unspecified atom stereocenters. The molecule has 294 valence electrons. The molecule has 0 N–H and O–H groups in total. The predicted octanol–water partition coefficient (Wildman–Crippen LogP) is 14.8. The minimum absolute atomic E-state index is 0.864. The molecule has 5 heteroatoms. The molecule has 0 aliphatic heterocycles. The predicted molar refractivity (Wildman–Crippen MR) is 261 cm³/mol. The van der Waals surface area contributed by atoms with E-state index in [9.17, 15) is 0 Å². The lowest BCUT2D eigenvalue weighted by atomic mass is 10.0. The summed E-state index contributed by atoms with van der Waals surface area (Å²) in [5.41, 5.74) is 15.0. The van der Waals surface area contributed by atoms with Crippen LogP contribution in [0.3, 0.4) is 0 Å². The van der Waals surface area contributed by atoms with Crippen LogP contribution >= 0.6 is 0 Å². The van der Waals surface area contributed by atoms with Gasteiger partial charge in [-0.25, -0.2) is 4.98 Å². The average molecular weight is 804 g/mol. The molecule has 13 aromatic rings. The molecular formula is C58H37N5. The molecule has 0 spiro atoms. The van der Waals surface area contributed by atoms with E-state index in [0.717, 1.165) is 61.9 Å². The van der Waals surface area contributed by atoms with Gasteiger partial charge in [-0.15, -0.1) is 0 Å². The maximum Gasteiger partial charge on any atom is 0.145 e. The fourth-order valence-corrected chi connectivity index (χ4v) is 9.82. The summed E-state index contributed by atoms with van der Waals surface area (Å²) >= 11 is 0. The van der Waals surface area contributed by atoms with Crippen LogP contribution in [0.5, 0.6) is 0 Å². The molecule has 0 radical (unpaired) electrons. The second-order valence-corrected chi connectivity index (χ2v) is 16.3. The summed E-state index contributed by atoms with van der Waals surface area (Å²) < 4.78 is 7.10. The highest BCUT2D eigenvalue weighted by Gasteiger charge is 2.20. The van der Waals surface area contributed by atoms with E-state index in [4.69, 9.17) is 9.97 Å². The van der Waals surface area contributed by atoms with Gasteiger partial charge in [0.2, 0.25) is 0 Å². The van der Waals surface area contributed by atoms with Crippen LogP contribution in [0.1, 0.15) is 0 Å². The average Bonchev–Trinajstić information content (AvgIpc) is 4.02. The van der Waals surface area contributed by atoms with Crippen molar-refractivity contribution in [2.45, 2.75) is 0 Å². The molecule has 0 saturated carbocycles. The van der Waals surface area contributed by atoms with E-state index in [-0.39, 0.29) is 0 Å². The minimum atomic E-state index is 0.864. The molecule has 63 heavy (non-hydrogen) atoms. The van der Waals surface area contributed by atoms with Crippen LogP contribution in [0.2, 0.25) is 0 Å². The molecular weight excluding hydrogens is 767 g/mol. The summed E-state index contributed by atoms with van der Waals surface area (Å²) in [6.45, 7) is 0. The van der Waals surface area contributed by atoms with Crippen LogP contribution in [0.25, 0.3) is 116 Å². The third-order valence-electron chi connectivity index (χ3n) is 12.7. The highest BCUT2D eigenvalue weighted by atomic mass is 15.1. The Labute approximate surface area is 363 Å². The van der Waals surface area contributed by atoms with E-state index in [1.165, 1.54) is 54.4 Å². The third kappa shape index (κ3) is 5.57. The maximum atomic E-state index is 5.42. The molecule has 0 atom stereocenters. The van der Waals surface area contributed by atoms with Crippen molar-refractivity contribution in [1.82, 2.24) is 23.7 Å². The zero-order chi connectivity index (χ0) is 41.4. The van der Waals surface area contributed by atoms with Gasteiger partial charge in [0, 0.05) is 55.9 Å². The van der Waals surface area contributed by atoms with Crippen molar-refractivity contribution in [2.24, 2.45) is 0 Å². The lowest BCUT2D eigenvalue weighted by Gasteiger charge is -2.16. The normalized spacial score (nSPS) is 11.8. The summed E-state index contributed by atoms with van der Waals surface area (Å²) in [5, 5.41) is 7.33. The van der Waals surface area contributed by atoms with Crippen molar-refractivity contribution in [1.29, 1.82) is 0 Å². The number of rotatable bonds is 6. The molecule has 9 aromatic carbocycles. The molecule has 0 amide bonds. The number of pyridine rings is 1. The summed E-state index contributed by atoms with van der Waals surface area (Å²) in [6.07, 6.45) is 1.90. The Bertz CT molecular complexity index is 3670.